The summed E-state index contributed by atoms with van der Waals surface area (Å²) in [6, 6.07) is 52.2. The number of fused-ring (bicyclic) bond motifs is 8. The van der Waals surface area contributed by atoms with Crippen LogP contribution in [0.4, 0.5) is 0 Å². The quantitative estimate of drug-likeness (QED) is 0.139. The van der Waals surface area contributed by atoms with Crippen LogP contribution < -0.4 is 15.9 Å². The molecular formula is C44H33N2OP. The molecule has 0 amide bonds. The van der Waals surface area contributed by atoms with E-state index in [-0.39, 0.29) is 0 Å². The minimum atomic E-state index is -3.00. The Morgan fingerprint density at radius 1 is 0.583 bits per heavy atom. The first kappa shape index (κ1) is 28.7. The molecule has 2 heterocycles. The van der Waals surface area contributed by atoms with Crippen LogP contribution in [0, 0.1) is 0 Å². The van der Waals surface area contributed by atoms with Crippen LogP contribution in [0.3, 0.4) is 0 Å². The Hall–Kier alpha value is -5.50. The van der Waals surface area contributed by atoms with Crippen LogP contribution in [0.25, 0.3) is 55.7 Å². The zero-order valence-electron chi connectivity index (χ0n) is 26.6. The number of rotatable bonds is 5. The van der Waals surface area contributed by atoms with Crippen molar-refractivity contribution in [1.29, 1.82) is 0 Å². The van der Waals surface area contributed by atoms with Crippen molar-refractivity contribution in [1.82, 2.24) is 9.38 Å². The lowest BCUT2D eigenvalue weighted by molar-refractivity contribution is 0.592. The van der Waals surface area contributed by atoms with E-state index in [9.17, 15) is 4.57 Å². The summed E-state index contributed by atoms with van der Waals surface area (Å²) in [7, 11) is -3.00. The Kier molecular flexibility index (Phi) is 6.78. The normalized spacial score (nSPS) is 14.5. The van der Waals surface area contributed by atoms with Gasteiger partial charge in [-0.1, -0.05) is 146 Å². The van der Waals surface area contributed by atoms with Crippen LogP contribution in [0.1, 0.15) is 30.7 Å². The molecule has 0 saturated carbocycles. The lowest BCUT2D eigenvalue weighted by Gasteiger charge is -2.20. The van der Waals surface area contributed by atoms with E-state index in [1.54, 1.807) is 0 Å². The van der Waals surface area contributed by atoms with Gasteiger partial charge in [0, 0.05) is 32.6 Å². The zero-order valence-corrected chi connectivity index (χ0v) is 27.5. The van der Waals surface area contributed by atoms with Crippen LogP contribution in [-0.2, 0) is 4.57 Å². The van der Waals surface area contributed by atoms with E-state index >= 15 is 0 Å². The van der Waals surface area contributed by atoms with Gasteiger partial charge in [-0.3, -0.25) is 4.40 Å². The standard InChI is InChI=1S/C44H33N2OP/c1-30-11-10-17-41-43(30)46-42-18-9-8-16-38(42)40-29-34(25-28-39(40)44(46)45-41)33-21-19-31(20-22-33)32-23-26-37(27-24-32)48(47,35-12-4-2-5-13-35)36-14-6-3-7-15-36/h2-10,12-30H,11H2,1H3/t30-/m1/s1. The minimum absolute atomic E-state index is 0.423. The number of para-hydroxylation sites is 1. The molecule has 48 heavy (non-hydrogen) atoms. The number of hydrogen-bond donors (Lipinski definition) is 0. The van der Waals surface area contributed by atoms with Crippen molar-refractivity contribution >= 4 is 56.5 Å². The molecule has 0 saturated heterocycles. The van der Waals surface area contributed by atoms with E-state index in [4.69, 9.17) is 4.98 Å². The summed E-state index contributed by atoms with van der Waals surface area (Å²) in [5.41, 5.74) is 9.18. The third kappa shape index (κ3) is 4.50. The largest absolute Gasteiger partial charge is 0.309 e. The molecule has 4 heteroatoms. The van der Waals surface area contributed by atoms with Gasteiger partial charge < -0.3 is 4.57 Å². The SMILES string of the molecule is C[C@@H]1CC=Cc2nc3c4ccc(-c5ccc(-c6ccc(P(=O)(c7ccccc7)c7ccccc7)cc6)cc5)cc4c4ccccc4n3c21. The first-order valence-corrected chi connectivity index (χ1v) is 18.3. The average molecular weight is 637 g/mol. The highest BCUT2D eigenvalue weighted by Gasteiger charge is 2.29. The molecule has 0 radical (unpaired) electrons. The molecule has 3 nitrogen and oxygen atoms in total. The lowest BCUT2D eigenvalue weighted by Crippen LogP contribution is -2.24. The van der Waals surface area contributed by atoms with Crippen LogP contribution in [0.15, 0.2) is 158 Å². The summed E-state index contributed by atoms with van der Waals surface area (Å²) in [6.45, 7) is 2.30. The molecule has 0 N–H and O–H groups in total. The molecule has 8 aromatic rings. The fourth-order valence-electron chi connectivity index (χ4n) is 7.45. The maximum absolute atomic E-state index is 14.8. The molecule has 0 aliphatic heterocycles. The highest BCUT2D eigenvalue weighted by atomic mass is 31.2. The number of aromatic nitrogens is 2. The van der Waals surface area contributed by atoms with E-state index in [0.717, 1.165) is 50.4 Å². The first-order valence-electron chi connectivity index (χ1n) is 16.6. The number of pyridine rings is 1. The Balaban J connectivity index is 1.08. The van der Waals surface area contributed by atoms with Crippen molar-refractivity contribution in [2.24, 2.45) is 0 Å². The summed E-state index contributed by atoms with van der Waals surface area (Å²) in [6.07, 6.45) is 5.46. The number of allylic oxidation sites excluding steroid dienone is 1. The second-order valence-electron chi connectivity index (χ2n) is 12.8. The summed E-state index contributed by atoms with van der Waals surface area (Å²) < 4.78 is 17.2. The van der Waals surface area contributed by atoms with Crippen molar-refractivity contribution < 1.29 is 4.57 Å². The van der Waals surface area contributed by atoms with E-state index in [1.807, 2.05) is 72.8 Å². The fraction of sp³-hybridized carbons (Fsp3) is 0.0682. The fourth-order valence-corrected chi connectivity index (χ4v) is 10.1. The van der Waals surface area contributed by atoms with Gasteiger partial charge in [0.1, 0.15) is 5.65 Å². The third-order valence-electron chi connectivity index (χ3n) is 9.89. The number of benzene rings is 6. The van der Waals surface area contributed by atoms with Gasteiger partial charge in [-0.05, 0) is 58.3 Å². The number of nitrogens with zero attached hydrogens (tertiary/aromatic N) is 2. The molecule has 9 rings (SSSR count). The van der Waals surface area contributed by atoms with Gasteiger partial charge in [-0.15, -0.1) is 0 Å². The average Bonchev–Trinajstić information content (AvgIpc) is 3.57. The third-order valence-corrected chi connectivity index (χ3v) is 13.0. The van der Waals surface area contributed by atoms with E-state index in [0.29, 0.717) is 5.92 Å². The smallest absolute Gasteiger partial charge is 0.171 e. The van der Waals surface area contributed by atoms with Crippen LogP contribution >= 0.6 is 7.14 Å². The molecule has 1 aliphatic rings. The highest BCUT2D eigenvalue weighted by molar-refractivity contribution is 7.85. The second kappa shape index (κ2) is 11.3. The molecule has 6 aromatic carbocycles. The minimum Gasteiger partial charge on any atom is -0.309 e. The van der Waals surface area contributed by atoms with Crippen molar-refractivity contribution in [3.8, 4) is 22.3 Å². The van der Waals surface area contributed by atoms with Gasteiger partial charge in [0.25, 0.3) is 0 Å². The lowest BCUT2D eigenvalue weighted by atomic mass is 9.96. The summed E-state index contributed by atoms with van der Waals surface area (Å²) >= 11 is 0. The Morgan fingerprint density at radius 2 is 1.12 bits per heavy atom. The molecule has 230 valence electrons. The van der Waals surface area contributed by atoms with Crippen LogP contribution in [-0.4, -0.2) is 9.38 Å². The number of hydrogen-bond acceptors (Lipinski definition) is 2. The molecular weight excluding hydrogens is 603 g/mol. The monoisotopic (exact) mass is 636 g/mol. The molecule has 0 spiro atoms. The second-order valence-corrected chi connectivity index (χ2v) is 15.5. The van der Waals surface area contributed by atoms with E-state index in [1.165, 1.54) is 32.9 Å². The number of imidazole rings is 1. The van der Waals surface area contributed by atoms with Crippen LogP contribution in [0.5, 0.6) is 0 Å². The predicted octanol–water partition coefficient (Wildman–Crippen LogP) is 10.1. The van der Waals surface area contributed by atoms with Crippen molar-refractivity contribution in [2.75, 3.05) is 0 Å². The molecule has 1 aliphatic carbocycles. The van der Waals surface area contributed by atoms with Gasteiger partial charge in [0.2, 0.25) is 0 Å². The molecule has 1 atom stereocenters. The summed E-state index contributed by atoms with van der Waals surface area (Å²) in [5, 5.41) is 6.15. The van der Waals surface area contributed by atoms with Gasteiger partial charge in [-0.2, -0.15) is 0 Å². The van der Waals surface area contributed by atoms with Gasteiger partial charge >= 0.3 is 0 Å². The van der Waals surface area contributed by atoms with Crippen LogP contribution in [0.2, 0.25) is 0 Å². The molecule has 0 bridgehead atoms. The molecule has 2 aromatic heterocycles. The Morgan fingerprint density at radius 3 is 1.79 bits per heavy atom. The predicted molar refractivity (Wildman–Crippen MR) is 203 cm³/mol. The Bertz CT molecular complexity index is 2510. The Labute approximate surface area is 280 Å². The first-order chi connectivity index (χ1) is 23.6. The maximum Gasteiger partial charge on any atom is 0.171 e. The molecule has 0 fully saturated rings. The maximum atomic E-state index is 14.8. The van der Waals surface area contributed by atoms with Crippen molar-refractivity contribution in [3.63, 3.8) is 0 Å². The van der Waals surface area contributed by atoms with E-state index in [2.05, 4.69) is 102 Å². The van der Waals surface area contributed by atoms with Crippen molar-refractivity contribution in [3.05, 3.63) is 169 Å². The van der Waals surface area contributed by atoms with E-state index < -0.39 is 7.14 Å². The topological polar surface area (TPSA) is 34.4 Å². The van der Waals surface area contributed by atoms with Gasteiger partial charge in [-0.25, -0.2) is 4.98 Å². The van der Waals surface area contributed by atoms with Gasteiger partial charge in [0.05, 0.1) is 16.9 Å². The summed E-state index contributed by atoms with van der Waals surface area (Å²) in [4.78, 5) is 5.14. The van der Waals surface area contributed by atoms with Crippen molar-refractivity contribution in [2.45, 2.75) is 19.3 Å². The molecule has 0 unspecified atom stereocenters. The highest BCUT2D eigenvalue weighted by Crippen LogP contribution is 2.43. The van der Waals surface area contributed by atoms with Gasteiger partial charge in [0.15, 0.2) is 7.14 Å². The zero-order chi connectivity index (χ0) is 32.2. The summed E-state index contributed by atoms with van der Waals surface area (Å²) in [5.74, 6) is 0.423.